The molecule has 0 fully saturated rings. The maximum absolute atomic E-state index is 5.47. The van der Waals surface area contributed by atoms with Gasteiger partial charge in [0, 0.05) is 6.04 Å². The van der Waals surface area contributed by atoms with Crippen LogP contribution in [0.15, 0.2) is 36.9 Å². The van der Waals surface area contributed by atoms with Gasteiger partial charge in [0.05, 0.1) is 6.61 Å². The third kappa shape index (κ3) is 4.92. The summed E-state index contributed by atoms with van der Waals surface area (Å²) in [5, 5.41) is 3.58. The lowest BCUT2D eigenvalue weighted by atomic mass is 10.0. The lowest BCUT2D eigenvalue weighted by Crippen LogP contribution is -2.21. The van der Waals surface area contributed by atoms with Gasteiger partial charge in [0.25, 0.3) is 0 Å². The van der Waals surface area contributed by atoms with Gasteiger partial charge in [0.2, 0.25) is 0 Å². The molecular formula is C16H25NO. The third-order valence-corrected chi connectivity index (χ3v) is 2.89. The van der Waals surface area contributed by atoms with E-state index in [0.717, 1.165) is 31.6 Å². The highest BCUT2D eigenvalue weighted by Crippen LogP contribution is 2.21. The minimum Gasteiger partial charge on any atom is -0.494 e. The van der Waals surface area contributed by atoms with Gasteiger partial charge in [-0.2, -0.15) is 0 Å². The zero-order chi connectivity index (χ0) is 13.2. The summed E-state index contributed by atoms with van der Waals surface area (Å²) in [6, 6.07) is 8.82. The highest BCUT2D eigenvalue weighted by Gasteiger charge is 2.09. The second kappa shape index (κ2) is 8.76. The molecule has 0 bridgehead atoms. The highest BCUT2D eigenvalue weighted by atomic mass is 16.5. The molecule has 1 aromatic carbocycles. The molecule has 1 rings (SSSR count). The summed E-state index contributed by atoms with van der Waals surface area (Å²) in [5.74, 6) is 0.944. The zero-order valence-corrected chi connectivity index (χ0v) is 11.6. The van der Waals surface area contributed by atoms with Crippen molar-refractivity contribution in [1.29, 1.82) is 0 Å². The molecular weight excluding hydrogens is 222 g/mol. The minimum atomic E-state index is 0.415. The van der Waals surface area contributed by atoms with E-state index in [1.165, 1.54) is 5.56 Å². The van der Waals surface area contributed by atoms with Gasteiger partial charge in [-0.25, -0.2) is 0 Å². The molecule has 1 atom stereocenters. The van der Waals surface area contributed by atoms with Gasteiger partial charge in [-0.1, -0.05) is 25.1 Å². The fourth-order valence-electron chi connectivity index (χ4n) is 1.95. The van der Waals surface area contributed by atoms with Gasteiger partial charge < -0.3 is 10.1 Å². The molecule has 0 aliphatic rings. The van der Waals surface area contributed by atoms with Gasteiger partial charge in [-0.05, 0) is 50.4 Å². The summed E-state index contributed by atoms with van der Waals surface area (Å²) < 4.78 is 5.47. The maximum Gasteiger partial charge on any atom is 0.119 e. The Bertz CT molecular complexity index is 331. The Morgan fingerprint density at radius 3 is 2.56 bits per heavy atom. The van der Waals surface area contributed by atoms with Crippen molar-refractivity contribution < 1.29 is 4.74 Å². The first-order valence-corrected chi connectivity index (χ1v) is 6.88. The fourth-order valence-corrected chi connectivity index (χ4v) is 1.95. The molecule has 0 radical (unpaired) electrons. The average molecular weight is 247 g/mol. The summed E-state index contributed by atoms with van der Waals surface area (Å²) in [6.07, 6.45) is 5.27. The molecule has 0 saturated carbocycles. The van der Waals surface area contributed by atoms with Crippen LogP contribution in [0.3, 0.4) is 0 Å². The molecule has 2 heteroatoms. The number of nitrogens with one attached hydrogen (secondary N) is 1. The summed E-state index contributed by atoms with van der Waals surface area (Å²) in [5.41, 5.74) is 1.33. The van der Waals surface area contributed by atoms with Crippen molar-refractivity contribution in [3.05, 3.63) is 42.5 Å². The molecule has 0 amide bonds. The first-order valence-electron chi connectivity index (χ1n) is 6.88. The molecule has 1 aromatic rings. The van der Waals surface area contributed by atoms with Crippen LogP contribution in [-0.4, -0.2) is 13.2 Å². The molecule has 0 aliphatic heterocycles. The van der Waals surface area contributed by atoms with Crippen molar-refractivity contribution in [1.82, 2.24) is 5.32 Å². The normalized spacial score (nSPS) is 12.1. The SMILES string of the molecule is C=CCCC(NCCC)c1ccc(OCC)cc1. The zero-order valence-electron chi connectivity index (χ0n) is 11.6. The van der Waals surface area contributed by atoms with E-state index in [2.05, 4.69) is 31.0 Å². The number of benzene rings is 1. The predicted octanol–water partition coefficient (Wildman–Crippen LogP) is 4.09. The number of hydrogen-bond acceptors (Lipinski definition) is 2. The van der Waals surface area contributed by atoms with Crippen molar-refractivity contribution in [2.75, 3.05) is 13.2 Å². The van der Waals surface area contributed by atoms with Crippen molar-refractivity contribution >= 4 is 0 Å². The Labute approximate surface area is 111 Å². The summed E-state index contributed by atoms with van der Waals surface area (Å²) in [7, 11) is 0. The van der Waals surface area contributed by atoms with Crippen LogP contribution in [0.5, 0.6) is 5.75 Å². The van der Waals surface area contributed by atoms with Crippen LogP contribution < -0.4 is 10.1 Å². The standard InChI is InChI=1S/C16H25NO/c1-4-7-8-16(17-13-5-2)14-9-11-15(12-10-14)18-6-3/h4,9-12,16-17H,1,5-8,13H2,2-3H3. The van der Waals surface area contributed by atoms with Crippen molar-refractivity contribution in [2.45, 2.75) is 39.2 Å². The molecule has 0 aliphatic carbocycles. The first kappa shape index (κ1) is 14.8. The molecule has 2 nitrogen and oxygen atoms in total. The quantitative estimate of drug-likeness (QED) is 0.664. The van der Waals surface area contributed by atoms with Crippen LogP contribution in [0.25, 0.3) is 0 Å². The van der Waals surface area contributed by atoms with Crippen LogP contribution in [0, 0.1) is 0 Å². The Hall–Kier alpha value is -1.28. The predicted molar refractivity (Wildman–Crippen MR) is 78.1 cm³/mol. The number of hydrogen-bond donors (Lipinski definition) is 1. The van der Waals surface area contributed by atoms with Crippen LogP contribution in [-0.2, 0) is 0 Å². The Kier molecular flexibility index (Phi) is 7.19. The molecule has 1 N–H and O–H groups in total. The molecule has 0 aromatic heterocycles. The molecule has 0 heterocycles. The van der Waals surface area contributed by atoms with Gasteiger partial charge in [-0.15, -0.1) is 6.58 Å². The summed E-state index contributed by atoms with van der Waals surface area (Å²) in [6.45, 7) is 9.76. The molecule has 1 unspecified atom stereocenters. The van der Waals surface area contributed by atoms with Crippen LogP contribution in [0.1, 0.15) is 44.7 Å². The van der Waals surface area contributed by atoms with E-state index >= 15 is 0 Å². The number of ether oxygens (including phenoxy) is 1. The second-order valence-corrected chi connectivity index (χ2v) is 4.37. The van der Waals surface area contributed by atoms with E-state index in [1.54, 1.807) is 0 Å². The van der Waals surface area contributed by atoms with Crippen LogP contribution in [0.2, 0.25) is 0 Å². The van der Waals surface area contributed by atoms with Crippen LogP contribution >= 0.6 is 0 Å². The van der Waals surface area contributed by atoms with Crippen molar-refractivity contribution in [3.8, 4) is 5.75 Å². The van der Waals surface area contributed by atoms with Crippen molar-refractivity contribution in [2.24, 2.45) is 0 Å². The van der Waals surface area contributed by atoms with Gasteiger partial charge in [0.1, 0.15) is 5.75 Å². The third-order valence-electron chi connectivity index (χ3n) is 2.89. The van der Waals surface area contributed by atoms with E-state index in [9.17, 15) is 0 Å². The van der Waals surface area contributed by atoms with Crippen molar-refractivity contribution in [3.63, 3.8) is 0 Å². The number of allylic oxidation sites excluding steroid dienone is 1. The van der Waals surface area contributed by atoms with E-state index in [-0.39, 0.29) is 0 Å². The summed E-state index contributed by atoms with van der Waals surface area (Å²) in [4.78, 5) is 0. The maximum atomic E-state index is 5.47. The summed E-state index contributed by atoms with van der Waals surface area (Å²) >= 11 is 0. The van der Waals surface area contributed by atoms with E-state index in [0.29, 0.717) is 12.6 Å². The number of rotatable bonds is 9. The highest BCUT2D eigenvalue weighted by molar-refractivity contribution is 5.29. The smallest absolute Gasteiger partial charge is 0.119 e. The van der Waals surface area contributed by atoms with E-state index in [1.807, 2.05) is 25.1 Å². The Morgan fingerprint density at radius 2 is 2.00 bits per heavy atom. The molecule has 0 spiro atoms. The Morgan fingerprint density at radius 1 is 1.28 bits per heavy atom. The average Bonchev–Trinajstić information content (AvgIpc) is 2.41. The van der Waals surface area contributed by atoms with E-state index < -0.39 is 0 Å². The monoisotopic (exact) mass is 247 g/mol. The van der Waals surface area contributed by atoms with E-state index in [4.69, 9.17) is 4.74 Å². The fraction of sp³-hybridized carbons (Fsp3) is 0.500. The Balaban J connectivity index is 2.67. The minimum absolute atomic E-state index is 0.415. The second-order valence-electron chi connectivity index (χ2n) is 4.37. The van der Waals surface area contributed by atoms with Crippen LogP contribution in [0.4, 0.5) is 0 Å². The lowest BCUT2D eigenvalue weighted by molar-refractivity contribution is 0.340. The largest absolute Gasteiger partial charge is 0.494 e. The van der Waals surface area contributed by atoms with Gasteiger partial charge >= 0.3 is 0 Å². The first-order chi connectivity index (χ1) is 8.81. The van der Waals surface area contributed by atoms with Gasteiger partial charge in [-0.3, -0.25) is 0 Å². The molecule has 100 valence electrons. The molecule has 0 saturated heterocycles. The lowest BCUT2D eigenvalue weighted by Gasteiger charge is -2.18. The topological polar surface area (TPSA) is 21.3 Å². The molecule has 18 heavy (non-hydrogen) atoms. The van der Waals surface area contributed by atoms with Gasteiger partial charge in [0.15, 0.2) is 0 Å².